The first-order valence-electron chi connectivity index (χ1n) is 7.33. The van der Waals surface area contributed by atoms with E-state index in [4.69, 9.17) is 0 Å². The minimum absolute atomic E-state index is 0.538. The Kier molecular flexibility index (Phi) is 6.52. The highest BCUT2D eigenvalue weighted by atomic mass is 15.3. The van der Waals surface area contributed by atoms with Crippen LogP contribution in [0.1, 0.15) is 38.6 Å². The van der Waals surface area contributed by atoms with Gasteiger partial charge in [0.1, 0.15) is 0 Å². The molecule has 1 unspecified atom stereocenters. The van der Waals surface area contributed by atoms with Gasteiger partial charge in [-0.25, -0.2) is 0 Å². The fraction of sp³-hybridized carbons (Fsp3) is 0.800. The van der Waals surface area contributed by atoms with Crippen molar-refractivity contribution in [3.63, 3.8) is 0 Å². The van der Waals surface area contributed by atoms with Crippen molar-refractivity contribution < 1.29 is 0 Å². The summed E-state index contributed by atoms with van der Waals surface area (Å²) in [5.41, 5.74) is 2.39. The van der Waals surface area contributed by atoms with Crippen LogP contribution < -0.4 is 5.32 Å². The number of rotatable bonds is 8. The SMILES string of the molecule is CCn1nc(C)cc1CNC(CC(C)C)CN(C)C. The molecule has 1 atom stereocenters. The van der Waals surface area contributed by atoms with Crippen LogP contribution in [-0.4, -0.2) is 41.4 Å². The Hall–Kier alpha value is -0.870. The van der Waals surface area contributed by atoms with E-state index < -0.39 is 0 Å². The number of hydrogen-bond donors (Lipinski definition) is 1. The Morgan fingerprint density at radius 1 is 1.37 bits per heavy atom. The Labute approximate surface area is 118 Å². The lowest BCUT2D eigenvalue weighted by atomic mass is 10.0. The molecule has 0 fully saturated rings. The second-order valence-corrected chi connectivity index (χ2v) is 6.06. The summed E-state index contributed by atoms with van der Waals surface area (Å²) in [6.45, 7) is 11.7. The number of likely N-dealkylation sites (N-methyl/N-ethyl adjacent to an activating group) is 1. The quantitative estimate of drug-likeness (QED) is 0.783. The van der Waals surface area contributed by atoms with Gasteiger partial charge in [0.25, 0.3) is 0 Å². The van der Waals surface area contributed by atoms with Crippen LogP contribution in [-0.2, 0) is 13.1 Å². The van der Waals surface area contributed by atoms with Gasteiger partial charge in [0.05, 0.1) is 11.4 Å². The monoisotopic (exact) mass is 266 g/mol. The average molecular weight is 266 g/mol. The molecule has 110 valence electrons. The highest BCUT2D eigenvalue weighted by Crippen LogP contribution is 2.08. The highest BCUT2D eigenvalue weighted by Gasteiger charge is 2.13. The Bertz CT molecular complexity index is 358. The number of nitrogens with zero attached hydrogens (tertiary/aromatic N) is 3. The molecule has 1 N–H and O–H groups in total. The summed E-state index contributed by atoms with van der Waals surface area (Å²) in [5, 5.41) is 8.18. The molecule has 4 nitrogen and oxygen atoms in total. The van der Waals surface area contributed by atoms with Crippen molar-refractivity contribution in [2.24, 2.45) is 5.92 Å². The van der Waals surface area contributed by atoms with Crippen molar-refractivity contribution >= 4 is 0 Å². The lowest BCUT2D eigenvalue weighted by Gasteiger charge is -2.24. The first kappa shape index (κ1) is 16.2. The highest BCUT2D eigenvalue weighted by molar-refractivity contribution is 5.08. The fourth-order valence-corrected chi connectivity index (χ4v) is 2.50. The van der Waals surface area contributed by atoms with Gasteiger partial charge in [0, 0.05) is 25.7 Å². The fourth-order valence-electron chi connectivity index (χ4n) is 2.50. The van der Waals surface area contributed by atoms with Gasteiger partial charge < -0.3 is 10.2 Å². The second-order valence-electron chi connectivity index (χ2n) is 6.06. The van der Waals surface area contributed by atoms with Crippen LogP contribution in [0.3, 0.4) is 0 Å². The summed E-state index contributed by atoms with van der Waals surface area (Å²) in [7, 11) is 4.27. The zero-order chi connectivity index (χ0) is 14.4. The number of hydrogen-bond acceptors (Lipinski definition) is 3. The molecular formula is C15H30N4. The van der Waals surface area contributed by atoms with E-state index in [2.05, 4.69) is 67.9 Å². The molecule has 1 aromatic rings. The van der Waals surface area contributed by atoms with Crippen molar-refractivity contribution in [2.45, 2.75) is 53.2 Å². The van der Waals surface area contributed by atoms with Crippen LogP contribution in [0, 0.1) is 12.8 Å². The van der Waals surface area contributed by atoms with Gasteiger partial charge in [-0.05, 0) is 46.3 Å². The molecular weight excluding hydrogens is 236 g/mol. The van der Waals surface area contributed by atoms with E-state index in [9.17, 15) is 0 Å². The summed E-state index contributed by atoms with van der Waals surface area (Å²) in [6.07, 6.45) is 1.21. The Morgan fingerprint density at radius 3 is 2.58 bits per heavy atom. The van der Waals surface area contributed by atoms with E-state index in [0.717, 1.165) is 31.2 Å². The van der Waals surface area contributed by atoms with Crippen LogP contribution in [0.15, 0.2) is 6.07 Å². The van der Waals surface area contributed by atoms with Crippen molar-refractivity contribution in [3.05, 3.63) is 17.5 Å². The normalized spacial score (nSPS) is 13.5. The van der Waals surface area contributed by atoms with Crippen LogP contribution in [0.5, 0.6) is 0 Å². The predicted octanol–water partition coefficient (Wildman–Crippen LogP) is 2.28. The molecule has 0 saturated carbocycles. The minimum Gasteiger partial charge on any atom is -0.308 e. The zero-order valence-corrected chi connectivity index (χ0v) is 13.4. The Morgan fingerprint density at radius 2 is 2.05 bits per heavy atom. The van der Waals surface area contributed by atoms with Crippen molar-refractivity contribution in [2.75, 3.05) is 20.6 Å². The predicted molar refractivity (Wildman–Crippen MR) is 81.3 cm³/mol. The first-order valence-corrected chi connectivity index (χ1v) is 7.33. The summed E-state index contributed by atoms with van der Waals surface area (Å²) in [4.78, 5) is 2.25. The molecule has 0 spiro atoms. The second kappa shape index (κ2) is 7.65. The number of aromatic nitrogens is 2. The molecule has 0 aromatic carbocycles. The zero-order valence-electron chi connectivity index (χ0n) is 13.4. The summed E-state index contributed by atoms with van der Waals surface area (Å²) in [6, 6.07) is 2.72. The van der Waals surface area contributed by atoms with E-state index in [-0.39, 0.29) is 0 Å². The average Bonchev–Trinajstić information content (AvgIpc) is 2.65. The van der Waals surface area contributed by atoms with Crippen LogP contribution >= 0.6 is 0 Å². The van der Waals surface area contributed by atoms with E-state index in [1.807, 2.05) is 0 Å². The van der Waals surface area contributed by atoms with Gasteiger partial charge in [0.15, 0.2) is 0 Å². The van der Waals surface area contributed by atoms with E-state index >= 15 is 0 Å². The molecule has 0 radical (unpaired) electrons. The van der Waals surface area contributed by atoms with Crippen molar-refractivity contribution in [1.82, 2.24) is 20.0 Å². The van der Waals surface area contributed by atoms with Gasteiger partial charge in [-0.3, -0.25) is 4.68 Å². The van der Waals surface area contributed by atoms with Gasteiger partial charge in [-0.15, -0.1) is 0 Å². The van der Waals surface area contributed by atoms with Crippen LogP contribution in [0.4, 0.5) is 0 Å². The molecule has 0 aliphatic rings. The molecule has 0 saturated heterocycles. The molecule has 1 heterocycles. The van der Waals surface area contributed by atoms with Crippen molar-refractivity contribution in [1.29, 1.82) is 0 Å². The minimum atomic E-state index is 0.538. The number of aryl methyl sites for hydroxylation is 2. The lowest BCUT2D eigenvalue weighted by molar-refractivity contribution is 0.303. The maximum absolute atomic E-state index is 4.50. The lowest BCUT2D eigenvalue weighted by Crippen LogP contribution is -2.39. The van der Waals surface area contributed by atoms with Crippen LogP contribution in [0.25, 0.3) is 0 Å². The molecule has 4 heteroatoms. The van der Waals surface area contributed by atoms with Gasteiger partial charge >= 0.3 is 0 Å². The molecule has 0 aliphatic heterocycles. The van der Waals surface area contributed by atoms with Gasteiger partial charge in [-0.2, -0.15) is 5.10 Å². The third-order valence-corrected chi connectivity index (χ3v) is 3.20. The van der Waals surface area contributed by atoms with Crippen molar-refractivity contribution in [3.8, 4) is 0 Å². The summed E-state index contributed by atoms with van der Waals surface area (Å²) >= 11 is 0. The third-order valence-electron chi connectivity index (χ3n) is 3.20. The topological polar surface area (TPSA) is 33.1 Å². The molecule has 0 bridgehead atoms. The molecule has 0 amide bonds. The Balaban J connectivity index is 2.58. The van der Waals surface area contributed by atoms with Crippen LogP contribution in [0.2, 0.25) is 0 Å². The number of nitrogens with one attached hydrogen (secondary N) is 1. The summed E-state index contributed by atoms with van der Waals surface area (Å²) < 4.78 is 2.09. The van der Waals surface area contributed by atoms with E-state index in [1.54, 1.807) is 0 Å². The largest absolute Gasteiger partial charge is 0.308 e. The maximum Gasteiger partial charge on any atom is 0.0597 e. The molecule has 0 aliphatic carbocycles. The van der Waals surface area contributed by atoms with Gasteiger partial charge in [0.2, 0.25) is 0 Å². The molecule has 19 heavy (non-hydrogen) atoms. The summed E-state index contributed by atoms with van der Waals surface area (Å²) in [5.74, 6) is 0.718. The van der Waals surface area contributed by atoms with Gasteiger partial charge in [-0.1, -0.05) is 13.8 Å². The molecule has 1 rings (SSSR count). The molecule has 1 aromatic heterocycles. The first-order chi connectivity index (χ1) is 8.92. The maximum atomic E-state index is 4.50. The third kappa shape index (κ3) is 5.74. The standard InChI is InChI=1S/C15H30N4/c1-7-19-15(9-13(4)17-19)10-16-14(8-12(2)3)11-18(5)6/h9,12,14,16H,7-8,10-11H2,1-6H3. The van der Waals surface area contributed by atoms with E-state index in [1.165, 1.54) is 12.1 Å². The smallest absolute Gasteiger partial charge is 0.0597 e. The van der Waals surface area contributed by atoms with E-state index in [0.29, 0.717) is 6.04 Å².